The molecule has 4 rings (SSSR count). The second kappa shape index (κ2) is 12.9. The van der Waals surface area contributed by atoms with Crippen molar-refractivity contribution < 1.29 is 19.1 Å². The van der Waals surface area contributed by atoms with Gasteiger partial charge in [-0.3, -0.25) is 9.59 Å². The van der Waals surface area contributed by atoms with Crippen LogP contribution in [0, 0.1) is 0 Å². The third-order valence-corrected chi connectivity index (χ3v) is 6.89. The molecule has 0 radical (unpaired) electrons. The van der Waals surface area contributed by atoms with E-state index >= 15 is 0 Å². The molecule has 3 N–H and O–H groups in total. The average molecular weight is 527 g/mol. The van der Waals surface area contributed by atoms with Crippen LogP contribution in [0.15, 0.2) is 89.9 Å². The van der Waals surface area contributed by atoms with Crippen molar-refractivity contribution in [1.82, 2.24) is 10.2 Å². The van der Waals surface area contributed by atoms with Crippen LogP contribution in [0.2, 0.25) is 0 Å². The Morgan fingerprint density at radius 2 is 1.69 bits per heavy atom. The predicted octanol–water partition coefficient (Wildman–Crippen LogP) is 3.79. The Morgan fingerprint density at radius 3 is 2.31 bits per heavy atom. The van der Waals surface area contributed by atoms with Gasteiger partial charge in [-0.25, -0.2) is 9.79 Å². The molecule has 1 atom stereocenters. The molecule has 1 aliphatic rings. The molecular formula is C31H34N4O4. The lowest BCUT2D eigenvalue weighted by Gasteiger charge is -2.34. The fourth-order valence-electron chi connectivity index (χ4n) is 4.92. The van der Waals surface area contributed by atoms with Gasteiger partial charge in [0.1, 0.15) is 11.6 Å². The van der Waals surface area contributed by atoms with E-state index < -0.39 is 11.6 Å². The molecule has 8 nitrogen and oxygen atoms in total. The third-order valence-electron chi connectivity index (χ3n) is 6.89. The number of ether oxygens (including phenoxy) is 1. The summed E-state index contributed by atoms with van der Waals surface area (Å²) in [5, 5.41) is 3.14. The minimum absolute atomic E-state index is 0.0879. The zero-order chi connectivity index (χ0) is 27.7. The molecule has 39 heavy (non-hydrogen) atoms. The number of carbonyl (C=O) groups excluding carboxylic acids is 3. The number of nitrogens with zero attached hydrogens (tertiary/aromatic N) is 2. The fourth-order valence-corrected chi connectivity index (χ4v) is 4.92. The molecule has 202 valence electrons. The maximum absolute atomic E-state index is 13.4. The second-order valence-electron chi connectivity index (χ2n) is 9.45. The number of guanidine groups is 1. The highest BCUT2D eigenvalue weighted by molar-refractivity contribution is 5.97. The molecule has 8 heteroatoms. The molecule has 1 saturated heterocycles. The number of rotatable bonds is 9. The van der Waals surface area contributed by atoms with Crippen molar-refractivity contribution in [3.63, 3.8) is 0 Å². The monoisotopic (exact) mass is 526 g/mol. The van der Waals surface area contributed by atoms with Crippen molar-refractivity contribution in [3.05, 3.63) is 107 Å². The Morgan fingerprint density at radius 1 is 1.03 bits per heavy atom. The van der Waals surface area contributed by atoms with Crippen molar-refractivity contribution in [2.24, 2.45) is 10.7 Å². The minimum Gasteiger partial charge on any atom is -0.464 e. The molecule has 0 aromatic heterocycles. The van der Waals surface area contributed by atoms with E-state index in [-0.39, 0.29) is 31.0 Å². The molecule has 3 aromatic rings. The van der Waals surface area contributed by atoms with Crippen LogP contribution in [0.5, 0.6) is 0 Å². The van der Waals surface area contributed by atoms with Gasteiger partial charge in [-0.2, -0.15) is 0 Å². The van der Waals surface area contributed by atoms with Gasteiger partial charge in [0, 0.05) is 12.1 Å². The first-order chi connectivity index (χ1) is 19.0. The molecule has 1 fully saturated rings. The zero-order valence-corrected chi connectivity index (χ0v) is 22.1. The number of carbonyl (C=O) groups is 3. The summed E-state index contributed by atoms with van der Waals surface area (Å²) < 4.78 is 5.20. The van der Waals surface area contributed by atoms with Crippen LogP contribution in [-0.2, 0) is 26.4 Å². The van der Waals surface area contributed by atoms with Gasteiger partial charge in [0.25, 0.3) is 5.91 Å². The number of benzene rings is 3. The van der Waals surface area contributed by atoms with Crippen molar-refractivity contribution in [1.29, 1.82) is 0 Å². The molecule has 0 bridgehead atoms. The maximum atomic E-state index is 13.4. The van der Waals surface area contributed by atoms with Crippen LogP contribution in [-0.4, -0.2) is 48.2 Å². The van der Waals surface area contributed by atoms with Crippen LogP contribution in [0.4, 0.5) is 0 Å². The van der Waals surface area contributed by atoms with Gasteiger partial charge in [0.15, 0.2) is 12.2 Å². The summed E-state index contributed by atoms with van der Waals surface area (Å²) >= 11 is 0. The van der Waals surface area contributed by atoms with Crippen LogP contribution in [0.1, 0.15) is 53.2 Å². The number of hydrogen-bond donors (Lipinski definition) is 2. The number of nitrogens with one attached hydrogen (secondary N) is 1. The highest BCUT2D eigenvalue weighted by Crippen LogP contribution is 2.28. The molecule has 1 heterocycles. The SMILES string of the molecule is CCOC(=O)C1CCCCN1C(=O)c1cccc(CN=C(N)NC(C=O)(c2ccccc2)c2ccccc2)c1. The van der Waals surface area contributed by atoms with Gasteiger partial charge in [0.05, 0.1) is 13.2 Å². The fraction of sp³-hybridized carbons (Fsp3) is 0.290. The van der Waals surface area contributed by atoms with Crippen molar-refractivity contribution in [2.45, 2.75) is 44.3 Å². The van der Waals surface area contributed by atoms with E-state index in [1.807, 2.05) is 66.7 Å². The summed E-state index contributed by atoms with van der Waals surface area (Å²) in [6.45, 7) is 2.74. The number of hydrogen-bond acceptors (Lipinski definition) is 5. The summed E-state index contributed by atoms with van der Waals surface area (Å²) in [4.78, 5) is 44.5. The summed E-state index contributed by atoms with van der Waals surface area (Å²) in [6, 6.07) is 25.2. The first-order valence-electron chi connectivity index (χ1n) is 13.2. The molecule has 0 saturated carbocycles. The van der Waals surface area contributed by atoms with Crippen LogP contribution >= 0.6 is 0 Å². The standard InChI is InChI=1S/C31H34N4O4/c1-2-39-29(38)27-18-9-10-19-35(27)28(37)24-13-11-12-23(20-24)21-33-30(32)34-31(22-36,25-14-5-3-6-15-25)26-16-7-4-8-17-26/h3-8,11-17,20,22,27H,2,9-10,18-19,21H2,1H3,(H3,32,33,34). The van der Waals surface area contributed by atoms with E-state index in [4.69, 9.17) is 10.5 Å². The number of amides is 1. The summed E-state index contributed by atoms with van der Waals surface area (Å²) in [5.74, 6) is -0.483. The van der Waals surface area contributed by atoms with Crippen molar-refractivity contribution in [2.75, 3.05) is 13.2 Å². The third kappa shape index (κ3) is 6.34. The molecule has 3 aromatic carbocycles. The zero-order valence-electron chi connectivity index (χ0n) is 22.1. The number of aldehydes is 1. The lowest BCUT2D eigenvalue weighted by molar-refractivity contribution is -0.149. The average Bonchev–Trinajstić information content (AvgIpc) is 2.99. The summed E-state index contributed by atoms with van der Waals surface area (Å²) in [6.07, 6.45) is 3.15. The molecular weight excluding hydrogens is 492 g/mol. The number of piperidine rings is 1. The number of aliphatic imine (C=N–C) groups is 1. The van der Waals surface area contributed by atoms with E-state index in [0.29, 0.717) is 18.5 Å². The van der Waals surface area contributed by atoms with E-state index in [2.05, 4.69) is 10.3 Å². The maximum Gasteiger partial charge on any atom is 0.328 e. The predicted molar refractivity (Wildman–Crippen MR) is 150 cm³/mol. The Kier molecular flexibility index (Phi) is 9.10. The lowest BCUT2D eigenvalue weighted by Crippen LogP contribution is -2.51. The smallest absolute Gasteiger partial charge is 0.328 e. The van der Waals surface area contributed by atoms with Gasteiger partial charge in [-0.15, -0.1) is 0 Å². The van der Waals surface area contributed by atoms with Gasteiger partial charge in [-0.1, -0.05) is 72.8 Å². The number of likely N-dealkylation sites (tertiary alicyclic amines) is 1. The summed E-state index contributed by atoms with van der Waals surface area (Å²) in [7, 11) is 0. The quantitative estimate of drug-likeness (QED) is 0.190. The first kappa shape index (κ1) is 27.6. The highest BCUT2D eigenvalue weighted by atomic mass is 16.5. The van der Waals surface area contributed by atoms with Gasteiger partial charge in [-0.05, 0) is 55.0 Å². The first-order valence-corrected chi connectivity index (χ1v) is 13.2. The van der Waals surface area contributed by atoms with Gasteiger partial charge < -0.3 is 20.7 Å². The lowest BCUT2D eigenvalue weighted by atomic mass is 9.84. The molecule has 1 amide bonds. The van der Waals surface area contributed by atoms with E-state index in [0.717, 1.165) is 35.8 Å². The topological polar surface area (TPSA) is 114 Å². The van der Waals surface area contributed by atoms with Crippen LogP contribution in [0.3, 0.4) is 0 Å². The Hall–Kier alpha value is -4.46. The van der Waals surface area contributed by atoms with Crippen LogP contribution in [0.25, 0.3) is 0 Å². The Bertz CT molecular complexity index is 1270. The van der Waals surface area contributed by atoms with E-state index in [9.17, 15) is 14.4 Å². The second-order valence-corrected chi connectivity index (χ2v) is 9.45. The molecule has 1 unspecified atom stereocenters. The van der Waals surface area contributed by atoms with Crippen molar-refractivity contribution in [3.8, 4) is 0 Å². The molecule has 0 aliphatic carbocycles. The minimum atomic E-state index is -1.22. The molecule has 0 spiro atoms. The Balaban J connectivity index is 1.54. The van der Waals surface area contributed by atoms with E-state index in [1.54, 1.807) is 30.0 Å². The number of esters is 1. The van der Waals surface area contributed by atoms with E-state index in [1.165, 1.54) is 0 Å². The van der Waals surface area contributed by atoms with Gasteiger partial charge >= 0.3 is 5.97 Å². The number of nitrogens with two attached hydrogens (primary N) is 1. The summed E-state index contributed by atoms with van der Waals surface area (Å²) in [5.41, 5.74) is 7.79. The highest BCUT2D eigenvalue weighted by Gasteiger charge is 2.35. The van der Waals surface area contributed by atoms with Crippen LogP contribution < -0.4 is 11.1 Å². The van der Waals surface area contributed by atoms with Crippen molar-refractivity contribution >= 4 is 24.1 Å². The molecule has 1 aliphatic heterocycles. The largest absolute Gasteiger partial charge is 0.464 e. The Labute approximate surface area is 228 Å². The normalized spacial score (nSPS) is 15.9. The van der Waals surface area contributed by atoms with Gasteiger partial charge in [0.2, 0.25) is 0 Å².